The van der Waals surface area contributed by atoms with Gasteiger partial charge < -0.3 is 19.7 Å². The summed E-state index contributed by atoms with van der Waals surface area (Å²) in [5, 5.41) is 23.0. The molecule has 0 radical (unpaired) electrons. The summed E-state index contributed by atoms with van der Waals surface area (Å²) in [5.74, 6) is 2.84. The van der Waals surface area contributed by atoms with Crippen molar-refractivity contribution in [3.05, 3.63) is 90.6 Å². The molecule has 0 fully saturated rings. The molecule has 0 aliphatic rings. The van der Waals surface area contributed by atoms with Gasteiger partial charge >= 0.3 is 0 Å². The third-order valence-electron chi connectivity index (χ3n) is 4.95. The monoisotopic (exact) mass is 409 g/mol. The van der Waals surface area contributed by atoms with E-state index < -0.39 is 0 Å². The van der Waals surface area contributed by atoms with Gasteiger partial charge in [0.2, 0.25) is 5.88 Å². The van der Waals surface area contributed by atoms with Gasteiger partial charge in [0.25, 0.3) is 0 Å². The number of fused-ring (bicyclic) bond motifs is 2. The second-order valence-corrected chi connectivity index (χ2v) is 7.37. The summed E-state index contributed by atoms with van der Waals surface area (Å²) in [6.07, 6.45) is 0. The quantitative estimate of drug-likeness (QED) is 0.346. The minimum atomic E-state index is 0.230. The van der Waals surface area contributed by atoms with Gasteiger partial charge in [0.05, 0.1) is 0 Å². The number of phenols is 2. The molecule has 2 N–H and O–H groups in total. The molecule has 31 heavy (non-hydrogen) atoms. The van der Waals surface area contributed by atoms with Crippen LogP contribution in [0.5, 0.6) is 34.6 Å². The standard InChI is InChI=1S/C26H19NO4/c1-16-10-25(30-23-8-4-17-11-21(28)6-2-19(17)13-23)15-26(27-16)31-24-9-5-18-12-22(29)7-3-20(18)14-24/h2-15,28-29H,1H3. The first-order chi connectivity index (χ1) is 15.0. The first-order valence-corrected chi connectivity index (χ1v) is 9.82. The highest BCUT2D eigenvalue weighted by atomic mass is 16.5. The molecule has 0 saturated heterocycles. The molecular formula is C26H19NO4. The van der Waals surface area contributed by atoms with Crippen LogP contribution >= 0.6 is 0 Å². The van der Waals surface area contributed by atoms with E-state index in [9.17, 15) is 10.2 Å². The maximum absolute atomic E-state index is 9.62. The Balaban J connectivity index is 1.41. The Morgan fingerprint density at radius 1 is 0.548 bits per heavy atom. The molecule has 1 heterocycles. The molecule has 0 amide bonds. The van der Waals surface area contributed by atoms with Crippen LogP contribution in [0.15, 0.2) is 84.9 Å². The van der Waals surface area contributed by atoms with Gasteiger partial charge in [0, 0.05) is 17.8 Å². The lowest BCUT2D eigenvalue weighted by atomic mass is 10.1. The van der Waals surface area contributed by atoms with Crippen molar-refractivity contribution in [3.63, 3.8) is 0 Å². The highest BCUT2D eigenvalue weighted by Crippen LogP contribution is 2.32. The van der Waals surface area contributed by atoms with E-state index in [4.69, 9.17) is 9.47 Å². The summed E-state index contributed by atoms with van der Waals surface area (Å²) < 4.78 is 12.0. The molecule has 0 spiro atoms. The molecule has 4 aromatic carbocycles. The average molecular weight is 409 g/mol. The number of hydrogen-bond donors (Lipinski definition) is 2. The largest absolute Gasteiger partial charge is 0.508 e. The average Bonchev–Trinajstić information content (AvgIpc) is 2.73. The lowest BCUT2D eigenvalue weighted by molar-refractivity contribution is 0.445. The van der Waals surface area contributed by atoms with Crippen molar-refractivity contribution >= 4 is 21.5 Å². The lowest BCUT2D eigenvalue weighted by Gasteiger charge is -2.11. The predicted octanol–water partition coefficient (Wildman–Crippen LogP) is 6.69. The second kappa shape index (κ2) is 7.54. The van der Waals surface area contributed by atoms with Crippen molar-refractivity contribution in [1.82, 2.24) is 4.98 Å². The number of benzene rings is 4. The first-order valence-electron chi connectivity index (χ1n) is 9.82. The number of pyridine rings is 1. The zero-order valence-corrected chi connectivity index (χ0v) is 16.7. The molecular weight excluding hydrogens is 390 g/mol. The zero-order valence-electron chi connectivity index (χ0n) is 16.7. The molecule has 5 aromatic rings. The van der Waals surface area contributed by atoms with E-state index in [1.54, 1.807) is 30.3 Å². The van der Waals surface area contributed by atoms with Crippen LogP contribution in [-0.2, 0) is 0 Å². The molecule has 0 unspecified atom stereocenters. The molecule has 5 nitrogen and oxygen atoms in total. The second-order valence-electron chi connectivity index (χ2n) is 7.37. The summed E-state index contributed by atoms with van der Waals surface area (Å²) in [7, 11) is 0. The number of hydrogen-bond acceptors (Lipinski definition) is 5. The molecule has 0 atom stereocenters. The number of aromatic hydroxyl groups is 2. The minimum Gasteiger partial charge on any atom is -0.508 e. The summed E-state index contributed by atoms with van der Waals surface area (Å²) in [6, 6.07) is 25.3. The maximum Gasteiger partial charge on any atom is 0.223 e. The van der Waals surface area contributed by atoms with Crippen LogP contribution < -0.4 is 9.47 Å². The highest BCUT2D eigenvalue weighted by molar-refractivity contribution is 5.86. The van der Waals surface area contributed by atoms with E-state index in [2.05, 4.69) is 4.98 Å². The Kier molecular flexibility index (Phi) is 4.56. The molecule has 152 valence electrons. The third-order valence-corrected chi connectivity index (χ3v) is 4.95. The fraction of sp³-hybridized carbons (Fsp3) is 0.0385. The van der Waals surface area contributed by atoms with Crippen molar-refractivity contribution in [2.75, 3.05) is 0 Å². The van der Waals surface area contributed by atoms with Gasteiger partial charge in [-0.1, -0.05) is 24.3 Å². The topological polar surface area (TPSA) is 71.8 Å². The van der Waals surface area contributed by atoms with E-state index in [1.807, 2.05) is 61.5 Å². The number of nitrogens with zero attached hydrogens (tertiary/aromatic N) is 1. The van der Waals surface area contributed by atoms with Crippen LogP contribution in [0, 0.1) is 6.92 Å². The van der Waals surface area contributed by atoms with Crippen LogP contribution in [0.3, 0.4) is 0 Å². The van der Waals surface area contributed by atoms with E-state index >= 15 is 0 Å². The highest BCUT2D eigenvalue weighted by Gasteiger charge is 2.07. The summed E-state index contributed by atoms with van der Waals surface area (Å²) in [4.78, 5) is 4.45. The SMILES string of the molecule is Cc1cc(Oc2ccc3cc(O)ccc3c2)cc(Oc2ccc3cc(O)ccc3c2)n1. The number of phenolic OH excluding ortho intramolecular Hbond substituents is 2. The Hall–Kier alpha value is -4.25. The van der Waals surface area contributed by atoms with Crippen LogP contribution in [0.25, 0.3) is 21.5 Å². The van der Waals surface area contributed by atoms with Crippen molar-refractivity contribution in [1.29, 1.82) is 0 Å². The van der Waals surface area contributed by atoms with Crippen molar-refractivity contribution in [2.24, 2.45) is 0 Å². The molecule has 1 aromatic heterocycles. The van der Waals surface area contributed by atoms with E-state index in [0.29, 0.717) is 23.1 Å². The van der Waals surface area contributed by atoms with Crippen LogP contribution in [0.1, 0.15) is 5.69 Å². The third kappa shape index (κ3) is 4.07. The number of aryl methyl sites for hydroxylation is 1. The van der Waals surface area contributed by atoms with Gasteiger partial charge in [-0.25, -0.2) is 4.98 Å². The predicted molar refractivity (Wildman–Crippen MR) is 120 cm³/mol. The Morgan fingerprint density at radius 2 is 1.06 bits per heavy atom. The minimum absolute atomic E-state index is 0.230. The van der Waals surface area contributed by atoms with Gasteiger partial charge in [-0.2, -0.15) is 0 Å². The number of aromatic nitrogens is 1. The molecule has 5 heteroatoms. The molecule has 0 saturated carbocycles. The molecule has 0 aliphatic carbocycles. The lowest BCUT2D eigenvalue weighted by Crippen LogP contribution is -1.93. The maximum atomic E-state index is 9.62. The Bertz CT molecular complexity index is 1320. The Labute approximate surface area is 178 Å². The van der Waals surface area contributed by atoms with E-state index in [-0.39, 0.29) is 11.5 Å². The fourth-order valence-corrected chi connectivity index (χ4v) is 3.53. The van der Waals surface area contributed by atoms with Crippen LogP contribution in [0.4, 0.5) is 0 Å². The van der Waals surface area contributed by atoms with Gasteiger partial charge in [-0.15, -0.1) is 0 Å². The summed E-state index contributed by atoms with van der Waals surface area (Å²) >= 11 is 0. The van der Waals surface area contributed by atoms with Crippen LogP contribution in [0.2, 0.25) is 0 Å². The summed E-state index contributed by atoms with van der Waals surface area (Å²) in [6.45, 7) is 1.88. The van der Waals surface area contributed by atoms with Crippen molar-refractivity contribution in [3.8, 4) is 34.6 Å². The van der Waals surface area contributed by atoms with Crippen LogP contribution in [-0.4, -0.2) is 15.2 Å². The van der Waals surface area contributed by atoms with Crippen molar-refractivity contribution in [2.45, 2.75) is 6.92 Å². The first kappa shape index (κ1) is 18.8. The molecule has 5 rings (SSSR count). The fourth-order valence-electron chi connectivity index (χ4n) is 3.53. The van der Waals surface area contributed by atoms with Gasteiger partial charge in [0.1, 0.15) is 28.7 Å². The summed E-state index contributed by atoms with van der Waals surface area (Å²) in [5.41, 5.74) is 0.768. The Morgan fingerprint density at radius 3 is 1.68 bits per heavy atom. The van der Waals surface area contributed by atoms with Gasteiger partial charge in [-0.3, -0.25) is 0 Å². The van der Waals surface area contributed by atoms with E-state index in [1.165, 1.54) is 0 Å². The number of rotatable bonds is 4. The molecule has 0 aliphatic heterocycles. The zero-order chi connectivity index (χ0) is 21.4. The molecule has 0 bridgehead atoms. The smallest absolute Gasteiger partial charge is 0.223 e. The normalized spacial score (nSPS) is 11.0. The van der Waals surface area contributed by atoms with Gasteiger partial charge in [0.15, 0.2) is 0 Å². The van der Waals surface area contributed by atoms with E-state index in [0.717, 1.165) is 27.2 Å². The number of ether oxygens (including phenoxy) is 2. The van der Waals surface area contributed by atoms with Crippen molar-refractivity contribution < 1.29 is 19.7 Å². The van der Waals surface area contributed by atoms with Gasteiger partial charge in [-0.05, 0) is 77.0 Å².